The summed E-state index contributed by atoms with van der Waals surface area (Å²) in [4.78, 5) is 4.33. The molecule has 1 atom stereocenters. The summed E-state index contributed by atoms with van der Waals surface area (Å²) < 4.78 is 6.99. The zero-order valence-electron chi connectivity index (χ0n) is 11.3. The second-order valence-corrected chi connectivity index (χ2v) is 6.18. The lowest BCUT2D eigenvalue weighted by molar-refractivity contribution is 0.293. The average Bonchev–Trinajstić information content (AvgIpc) is 3.32. The third kappa shape index (κ3) is 3.51. The second kappa shape index (κ2) is 6.57. The Bertz CT molecular complexity index is 554. The van der Waals surface area contributed by atoms with Gasteiger partial charge in [0.25, 0.3) is 0 Å². The molecule has 0 unspecified atom stereocenters. The van der Waals surface area contributed by atoms with E-state index in [4.69, 9.17) is 4.74 Å². The van der Waals surface area contributed by atoms with E-state index in [0.717, 1.165) is 11.8 Å². The van der Waals surface area contributed by atoms with E-state index in [-0.39, 0.29) is 0 Å². The molecule has 3 rings (SSSR count). The van der Waals surface area contributed by atoms with Crippen LogP contribution in [0.1, 0.15) is 29.9 Å². The Kier molecular flexibility index (Phi) is 4.55. The first-order chi connectivity index (χ1) is 9.86. The van der Waals surface area contributed by atoms with E-state index < -0.39 is 0 Å². The number of aromatic nitrogens is 1. The second-order valence-electron chi connectivity index (χ2n) is 5.30. The van der Waals surface area contributed by atoms with Gasteiger partial charge in [0, 0.05) is 16.7 Å². The fourth-order valence-corrected chi connectivity index (χ4v) is 3.68. The molecule has 1 aliphatic carbocycles. The molecule has 0 amide bonds. The van der Waals surface area contributed by atoms with Crippen molar-refractivity contribution in [1.29, 1.82) is 0 Å². The molecular weight excluding hydrogens is 361 g/mol. The minimum absolute atomic E-state index is 0.579. The van der Waals surface area contributed by atoms with Crippen molar-refractivity contribution in [3.05, 3.63) is 59.8 Å². The monoisotopic (exact) mass is 379 g/mol. The molecule has 20 heavy (non-hydrogen) atoms. The Morgan fingerprint density at radius 2 is 2.00 bits per heavy atom. The van der Waals surface area contributed by atoms with Crippen LogP contribution in [0.2, 0.25) is 0 Å². The molecule has 2 nitrogen and oxygen atoms in total. The number of nitrogens with zero attached hydrogens (tertiary/aromatic N) is 1. The SMILES string of the molecule is IC[C@H](c1ccnc(OCc2ccccc2)c1)C1CC1. The van der Waals surface area contributed by atoms with Gasteiger partial charge in [-0.2, -0.15) is 0 Å². The minimum atomic E-state index is 0.579. The van der Waals surface area contributed by atoms with Crippen molar-refractivity contribution >= 4 is 22.6 Å². The molecule has 1 saturated carbocycles. The van der Waals surface area contributed by atoms with Crippen LogP contribution in [0.3, 0.4) is 0 Å². The Balaban J connectivity index is 1.68. The maximum absolute atomic E-state index is 5.81. The summed E-state index contributed by atoms with van der Waals surface area (Å²) in [5, 5.41) is 0. The molecule has 0 bridgehead atoms. The highest BCUT2D eigenvalue weighted by Gasteiger charge is 2.31. The molecule has 3 heteroatoms. The van der Waals surface area contributed by atoms with Gasteiger partial charge < -0.3 is 4.74 Å². The fourth-order valence-electron chi connectivity index (χ4n) is 2.45. The maximum Gasteiger partial charge on any atom is 0.213 e. The third-order valence-corrected chi connectivity index (χ3v) is 4.72. The molecule has 0 N–H and O–H groups in total. The zero-order chi connectivity index (χ0) is 13.8. The quantitative estimate of drug-likeness (QED) is 0.541. The van der Waals surface area contributed by atoms with Crippen molar-refractivity contribution in [3.8, 4) is 5.88 Å². The number of rotatable bonds is 6. The average molecular weight is 379 g/mol. The maximum atomic E-state index is 5.81. The normalized spacial score (nSPS) is 15.8. The summed E-state index contributed by atoms with van der Waals surface area (Å²) in [7, 11) is 0. The number of benzene rings is 1. The molecule has 2 aromatic rings. The summed E-state index contributed by atoms with van der Waals surface area (Å²) in [5.74, 6) is 2.27. The van der Waals surface area contributed by atoms with Crippen LogP contribution in [0.15, 0.2) is 48.7 Å². The van der Waals surface area contributed by atoms with E-state index in [0.29, 0.717) is 12.5 Å². The van der Waals surface area contributed by atoms with Crippen molar-refractivity contribution < 1.29 is 4.74 Å². The first-order valence-electron chi connectivity index (χ1n) is 7.05. The van der Waals surface area contributed by atoms with E-state index in [1.165, 1.54) is 28.4 Å². The van der Waals surface area contributed by atoms with Gasteiger partial charge in [0.1, 0.15) is 6.61 Å². The van der Waals surface area contributed by atoms with Gasteiger partial charge in [0.05, 0.1) is 0 Å². The van der Waals surface area contributed by atoms with Gasteiger partial charge in [0.2, 0.25) is 5.88 Å². The van der Waals surface area contributed by atoms with E-state index in [9.17, 15) is 0 Å². The first kappa shape index (κ1) is 13.9. The van der Waals surface area contributed by atoms with Crippen LogP contribution in [0.4, 0.5) is 0 Å². The topological polar surface area (TPSA) is 22.1 Å². The van der Waals surface area contributed by atoms with Gasteiger partial charge in [-0.15, -0.1) is 0 Å². The highest BCUT2D eigenvalue weighted by molar-refractivity contribution is 14.1. The number of pyridine rings is 1. The third-order valence-electron chi connectivity index (χ3n) is 3.77. The van der Waals surface area contributed by atoms with E-state index in [1.807, 2.05) is 24.4 Å². The lowest BCUT2D eigenvalue weighted by Crippen LogP contribution is -2.04. The highest BCUT2D eigenvalue weighted by Crippen LogP contribution is 2.43. The number of hydrogen-bond donors (Lipinski definition) is 0. The van der Waals surface area contributed by atoms with Crippen molar-refractivity contribution in [3.63, 3.8) is 0 Å². The lowest BCUT2D eigenvalue weighted by atomic mass is 9.97. The molecule has 1 aromatic carbocycles. The summed E-state index contributed by atoms with van der Waals surface area (Å²) in [6.45, 7) is 0.579. The Morgan fingerprint density at radius 1 is 1.20 bits per heavy atom. The van der Waals surface area contributed by atoms with Gasteiger partial charge in [0.15, 0.2) is 0 Å². The van der Waals surface area contributed by atoms with Crippen LogP contribution in [-0.2, 0) is 6.61 Å². The molecule has 1 aromatic heterocycles. The van der Waals surface area contributed by atoms with Crippen LogP contribution >= 0.6 is 22.6 Å². The van der Waals surface area contributed by atoms with Gasteiger partial charge in [-0.1, -0.05) is 52.9 Å². The Morgan fingerprint density at radius 3 is 2.70 bits per heavy atom. The molecule has 0 aliphatic heterocycles. The lowest BCUT2D eigenvalue weighted by Gasteiger charge is -2.14. The molecule has 0 radical (unpaired) electrons. The molecule has 1 heterocycles. The minimum Gasteiger partial charge on any atom is -0.473 e. The smallest absolute Gasteiger partial charge is 0.213 e. The Hall–Kier alpha value is -1.10. The number of alkyl halides is 1. The van der Waals surface area contributed by atoms with E-state index in [2.05, 4.69) is 51.8 Å². The standard InChI is InChI=1S/C17H18INO/c18-11-16(14-6-7-14)15-8-9-19-17(10-15)20-12-13-4-2-1-3-5-13/h1-5,8-10,14,16H,6-7,11-12H2/t16-/m0/s1. The molecule has 104 valence electrons. The number of hydrogen-bond acceptors (Lipinski definition) is 2. The van der Waals surface area contributed by atoms with Crippen LogP contribution in [0.25, 0.3) is 0 Å². The van der Waals surface area contributed by atoms with Crippen LogP contribution in [0.5, 0.6) is 5.88 Å². The van der Waals surface area contributed by atoms with E-state index in [1.54, 1.807) is 0 Å². The van der Waals surface area contributed by atoms with Crippen LogP contribution in [0, 0.1) is 5.92 Å². The van der Waals surface area contributed by atoms with Crippen molar-refractivity contribution in [2.75, 3.05) is 4.43 Å². The van der Waals surface area contributed by atoms with Crippen molar-refractivity contribution in [1.82, 2.24) is 4.98 Å². The molecular formula is C17H18INO. The Labute approximate surface area is 133 Å². The summed E-state index contributed by atoms with van der Waals surface area (Å²) in [6.07, 6.45) is 4.61. The summed E-state index contributed by atoms with van der Waals surface area (Å²) >= 11 is 2.49. The number of halogens is 1. The number of ether oxygens (including phenoxy) is 1. The van der Waals surface area contributed by atoms with Gasteiger partial charge in [-0.05, 0) is 41.9 Å². The van der Waals surface area contributed by atoms with Crippen molar-refractivity contribution in [2.45, 2.75) is 25.4 Å². The molecule has 0 spiro atoms. The van der Waals surface area contributed by atoms with Crippen LogP contribution < -0.4 is 4.74 Å². The van der Waals surface area contributed by atoms with Gasteiger partial charge >= 0.3 is 0 Å². The highest BCUT2D eigenvalue weighted by atomic mass is 127. The molecule has 1 fully saturated rings. The molecule has 0 saturated heterocycles. The van der Waals surface area contributed by atoms with Gasteiger partial charge in [-0.25, -0.2) is 4.98 Å². The predicted octanol–water partition coefficient (Wildman–Crippen LogP) is 4.59. The van der Waals surface area contributed by atoms with Crippen molar-refractivity contribution in [2.24, 2.45) is 5.92 Å². The fraction of sp³-hybridized carbons (Fsp3) is 0.353. The zero-order valence-corrected chi connectivity index (χ0v) is 13.5. The largest absolute Gasteiger partial charge is 0.473 e. The first-order valence-corrected chi connectivity index (χ1v) is 8.58. The summed E-state index contributed by atoms with van der Waals surface area (Å²) in [6, 6.07) is 14.5. The van der Waals surface area contributed by atoms with Crippen LogP contribution in [-0.4, -0.2) is 9.41 Å². The summed E-state index contributed by atoms with van der Waals surface area (Å²) in [5.41, 5.74) is 2.55. The predicted molar refractivity (Wildman–Crippen MR) is 89.4 cm³/mol. The van der Waals surface area contributed by atoms with Gasteiger partial charge in [-0.3, -0.25) is 0 Å². The molecule has 1 aliphatic rings. The van der Waals surface area contributed by atoms with E-state index >= 15 is 0 Å².